The molecule has 0 aliphatic carbocycles. The third-order valence-electron chi connectivity index (χ3n) is 1.69. The Kier molecular flexibility index (Phi) is 6.16. The smallest absolute Gasteiger partial charge is 0.333 e. The first kappa shape index (κ1) is 13.8. The molecule has 3 nitrogen and oxygen atoms in total. The summed E-state index contributed by atoms with van der Waals surface area (Å²) < 4.78 is -1.20. The van der Waals surface area contributed by atoms with Crippen LogP contribution in [0, 0.1) is 0 Å². The van der Waals surface area contributed by atoms with E-state index < -0.39 is 16.9 Å². The lowest BCUT2D eigenvalue weighted by atomic mass is 10.1. The van der Waals surface area contributed by atoms with Crippen molar-refractivity contribution in [1.29, 1.82) is 0 Å². The lowest BCUT2D eigenvalue weighted by Gasteiger charge is -2.15. The standard InChI is InChI=1S/C9H14Cl2O3/c1-2-3-4-9(10,11)5-7(6-12)8(13)14/h5,12H,2-4,6H2,1H3,(H,13,14). The fraction of sp³-hybridized carbons (Fsp3) is 0.667. The van der Waals surface area contributed by atoms with E-state index in [0.717, 1.165) is 12.8 Å². The van der Waals surface area contributed by atoms with E-state index >= 15 is 0 Å². The van der Waals surface area contributed by atoms with Crippen molar-refractivity contribution in [2.24, 2.45) is 0 Å². The van der Waals surface area contributed by atoms with Gasteiger partial charge in [0.2, 0.25) is 0 Å². The number of unbranched alkanes of at least 4 members (excludes halogenated alkanes) is 1. The average molecular weight is 241 g/mol. The Hall–Kier alpha value is -0.250. The fourth-order valence-electron chi connectivity index (χ4n) is 0.915. The number of carboxylic acid groups (broad SMARTS) is 1. The van der Waals surface area contributed by atoms with Gasteiger partial charge in [0.05, 0.1) is 12.2 Å². The Balaban J connectivity index is 4.48. The van der Waals surface area contributed by atoms with Crippen molar-refractivity contribution >= 4 is 29.2 Å². The number of halogens is 2. The third-order valence-corrected chi connectivity index (χ3v) is 2.29. The van der Waals surface area contributed by atoms with Crippen LogP contribution in [0.5, 0.6) is 0 Å². The summed E-state index contributed by atoms with van der Waals surface area (Å²) in [6.07, 6.45) is 3.40. The molecule has 14 heavy (non-hydrogen) atoms. The van der Waals surface area contributed by atoms with Gasteiger partial charge in [-0.1, -0.05) is 43.0 Å². The van der Waals surface area contributed by atoms with Crippen LogP contribution in [-0.2, 0) is 4.79 Å². The highest BCUT2D eigenvalue weighted by atomic mass is 35.5. The van der Waals surface area contributed by atoms with Crippen LogP contribution in [-0.4, -0.2) is 27.1 Å². The molecule has 0 rings (SSSR count). The number of rotatable bonds is 6. The molecule has 0 aromatic rings. The molecule has 0 aromatic heterocycles. The largest absolute Gasteiger partial charge is 0.478 e. The van der Waals surface area contributed by atoms with Crippen molar-refractivity contribution in [3.05, 3.63) is 11.6 Å². The molecule has 82 valence electrons. The van der Waals surface area contributed by atoms with Crippen LogP contribution in [0.4, 0.5) is 0 Å². The number of carbonyl (C=O) groups is 1. The summed E-state index contributed by atoms with van der Waals surface area (Å²) in [6.45, 7) is 1.42. The van der Waals surface area contributed by atoms with Gasteiger partial charge in [0.15, 0.2) is 0 Å². The molecule has 2 N–H and O–H groups in total. The van der Waals surface area contributed by atoms with E-state index in [4.69, 9.17) is 33.4 Å². The van der Waals surface area contributed by atoms with Crippen LogP contribution in [0.2, 0.25) is 0 Å². The lowest BCUT2D eigenvalue weighted by molar-refractivity contribution is -0.133. The molecule has 0 saturated heterocycles. The van der Waals surface area contributed by atoms with Crippen molar-refractivity contribution in [1.82, 2.24) is 0 Å². The number of allylic oxidation sites excluding steroid dienone is 1. The molecule has 0 atom stereocenters. The maximum atomic E-state index is 10.5. The molecule has 0 aliphatic rings. The van der Waals surface area contributed by atoms with Gasteiger partial charge in [-0.05, 0) is 12.5 Å². The van der Waals surface area contributed by atoms with Crippen molar-refractivity contribution in [2.45, 2.75) is 30.5 Å². The van der Waals surface area contributed by atoms with Gasteiger partial charge in [-0.2, -0.15) is 0 Å². The minimum atomic E-state index is -1.20. The second kappa shape index (κ2) is 6.27. The second-order valence-electron chi connectivity index (χ2n) is 3.00. The highest BCUT2D eigenvalue weighted by Gasteiger charge is 2.22. The van der Waals surface area contributed by atoms with E-state index in [1.807, 2.05) is 6.92 Å². The summed E-state index contributed by atoms with van der Waals surface area (Å²) in [6, 6.07) is 0. The number of aliphatic hydroxyl groups is 1. The third kappa shape index (κ3) is 5.47. The number of aliphatic carboxylic acids is 1. The first-order valence-corrected chi connectivity index (χ1v) is 5.12. The van der Waals surface area contributed by atoms with E-state index in [1.54, 1.807) is 0 Å². The van der Waals surface area contributed by atoms with Crippen LogP contribution >= 0.6 is 23.2 Å². The molecular weight excluding hydrogens is 227 g/mol. The van der Waals surface area contributed by atoms with E-state index in [0.29, 0.717) is 6.42 Å². The van der Waals surface area contributed by atoms with Crippen molar-refractivity contribution in [3.63, 3.8) is 0 Å². The molecule has 0 heterocycles. The molecule has 0 aliphatic heterocycles. The molecule has 0 fully saturated rings. The molecule has 0 bridgehead atoms. The number of alkyl halides is 2. The SMILES string of the molecule is CCCCC(Cl)(Cl)C=C(CO)C(=O)O. The van der Waals surface area contributed by atoms with Crippen molar-refractivity contribution < 1.29 is 15.0 Å². The van der Waals surface area contributed by atoms with Gasteiger partial charge in [-0.25, -0.2) is 4.79 Å². The minimum Gasteiger partial charge on any atom is -0.478 e. The summed E-state index contributed by atoms with van der Waals surface area (Å²) >= 11 is 11.7. The Bertz CT molecular complexity index is 224. The molecular formula is C9H14Cl2O3. The Morgan fingerprint density at radius 1 is 1.50 bits per heavy atom. The van der Waals surface area contributed by atoms with E-state index in [2.05, 4.69) is 0 Å². The van der Waals surface area contributed by atoms with Crippen LogP contribution < -0.4 is 0 Å². The van der Waals surface area contributed by atoms with E-state index in [9.17, 15) is 4.79 Å². The Morgan fingerprint density at radius 2 is 2.07 bits per heavy atom. The zero-order valence-electron chi connectivity index (χ0n) is 7.96. The molecule has 0 spiro atoms. The van der Waals surface area contributed by atoms with E-state index in [1.165, 1.54) is 6.08 Å². The Labute approximate surface area is 93.3 Å². The number of hydrogen-bond donors (Lipinski definition) is 2. The average Bonchev–Trinajstić information content (AvgIpc) is 2.10. The minimum absolute atomic E-state index is 0.175. The van der Waals surface area contributed by atoms with Crippen LogP contribution in [0.15, 0.2) is 11.6 Å². The monoisotopic (exact) mass is 240 g/mol. The summed E-state index contributed by atoms with van der Waals surface area (Å²) in [5.74, 6) is -1.20. The van der Waals surface area contributed by atoms with Gasteiger partial charge in [0, 0.05) is 0 Å². The predicted octanol–water partition coefficient (Wildman–Crippen LogP) is 2.35. The van der Waals surface area contributed by atoms with Gasteiger partial charge in [-0.3, -0.25) is 0 Å². The fourth-order valence-corrected chi connectivity index (χ4v) is 1.45. The molecule has 5 heteroatoms. The van der Waals surface area contributed by atoms with Crippen LogP contribution in [0.25, 0.3) is 0 Å². The number of carboxylic acids is 1. The zero-order chi connectivity index (χ0) is 11.2. The van der Waals surface area contributed by atoms with Crippen molar-refractivity contribution in [3.8, 4) is 0 Å². The summed E-state index contributed by atoms with van der Waals surface area (Å²) in [5.41, 5.74) is -0.175. The molecule has 0 aromatic carbocycles. The van der Waals surface area contributed by atoms with Gasteiger partial charge >= 0.3 is 5.97 Å². The first-order valence-electron chi connectivity index (χ1n) is 4.36. The maximum absolute atomic E-state index is 10.5. The van der Waals surface area contributed by atoms with Crippen LogP contribution in [0.3, 0.4) is 0 Å². The molecule has 0 radical (unpaired) electrons. The number of aliphatic hydroxyl groups excluding tert-OH is 1. The molecule has 0 amide bonds. The predicted molar refractivity (Wildman–Crippen MR) is 56.8 cm³/mol. The second-order valence-corrected chi connectivity index (χ2v) is 4.54. The zero-order valence-corrected chi connectivity index (χ0v) is 9.48. The maximum Gasteiger partial charge on any atom is 0.333 e. The first-order chi connectivity index (χ1) is 6.43. The molecule has 0 unspecified atom stereocenters. The topological polar surface area (TPSA) is 57.5 Å². The molecule has 0 saturated carbocycles. The quantitative estimate of drug-likeness (QED) is 0.554. The van der Waals surface area contributed by atoms with Gasteiger partial charge in [-0.15, -0.1) is 0 Å². The highest BCUT2D eigenvalue weighted by Crippen LogP contribution is 2.30. The van der Waals surface area contributed by atoms with E-state index in [-0.39, 0.29) is 5.57 Å². The highest BCUT2D eigenvalue weighted by molar-refractivity contribution is 6.50. The van der Waals surface area contributed by atoms with Crippen molar-refractivity contribution in [2.75, 3.05) is 6.61 Å². The normalized spacial score (nSPS) is 13.0. The number of hydrogen-bond acceptors (Lipinski definition) is 2. The van der Waals surface area contributed by atoms with Gasteiger partial charge in [0.25, 0.3) is 0 Å². The summed E-state index contributed by atoms with van der Waals surface area (Å²) in [5, 5.41) is 17.3. The summed E-state index contributed by atoms with van der Waals surface area (Å²) in [7, 11) is 0. The Morgan fingerprint density at radius 3 is 2.43 bits per heavy atom. The van der Waals surface area contributed by atoms with Crippen LogP contribution in [0.1, 0.15) is 26.2 Å². The lowest BCUT2D eigenvalue weighted by Crippen LogP contribution is -2.14. The van der Waals surface area contributed by atoms with Gasteiger partial charge in [0.1, 0.15) is 4.33 Å². The summed E-state index contributed by atoms with van der Waals surface area (Å²) in [4.78, 5) is 10.5. The van der Waals surface area contributed by atoms with Gasteiger partial charge < -0.3 is 10.2 Å².